The highest BCUT2D eigenvalue weighted by molar-refractivity contribution is 6.01. The molecule has 0 fully saturated rings. The highest BCUT2D eigenvalue weighted by atomic mass is 19.1. The van der Waals surface area contributed by atoms with Gasteiger partial charge in [0.25, 0.3) is 0 Å². The fourth-order valence-corrected chi connectivity index (χ4v) is 3.27. The van der Waals surface area contributed by atoms with Crippen LogP contribution < -0.4 is 15.8 Å². The van der Waals surface area contributed by atoms with Crippen LogP contribution in [0.4, 0.5) is 10.1 Å². The predicted octanol–water partition coefficient (Wildman–Crippen LogP) is 4.77. The number of halogens is 1. The van der Waals surface area contributed by atoms with Gasteiger partial charge < -0.3 is 21.2 Å². The average molecular weight is 406 g/mol. The van der Waals surface area contributed by atoms with E-state index >= 15 is 0 Å². The van der Waals surface area contributed by atoms with Gasteiger partial charge in [0.05, 0.1) is 11.3 Å². The van der Waals surface area contributed by atoms with E-state index in [1.807, 2.05) is 13.0 Å². The van der Waals surface area contributed by atoms with Crippen molar-refractivity contribution in [1.29, 1.82) is 5.41 Å². The van der Waals surface area contributed by atoms with Gasteiger partial charge in [0.1, 0.15) is 17.3 Å². The first kappa shape index (κ1) is 21.0. The Kier molecular flexibility index (Phi) is 6.11. The van der Waals surface area contributed by atoms with Crippen molar-refractivity contribution in [3.63, 3.8) is 0 Å². The molecule has 3 aromatic rings. The van der Waals surface area contributed by atoms with Gasteiger partial charge in [-0.25, -0.2) is 4.39 Å². The lowest BCUT2D eigenvalue weighted by molar-refractivity contribution is 0.0999. The van der Waals surface area contributed by atoms with Gasteiger partial charge in [0, 0.05) is 54.0 Å². The van der Waals surface area contributed by atoms with Crippen molar-refractivity contribution in [3.8, 4) is 22.8 Å². The summed E-state index contributed by atoms with van der Waals surface area (Å²) in [6, 6.07) is 11.7. The second-order valence-corrected chi connectivity index (χ2v) is 6.77. The minimum absolute atomic E-state index is 0.126. The zero-order valence-corrected chi connectivity index (χ0v) is 17.0. The monoisotopic (exact) mass is 406 g/mol. The maximum Gasteiger partial charge on any atom is 0.248 e. The summed E-state index contributed by atoms with van der Waals surface area (Å²) < 4.78 is 20.3. The molecule has 0 spiro atoms. The summed E-state index contributed by atoms with van der Waals surface area (Å²) in [6.07, 6.45) is 2.26. The maximum atomic E-state index is 14.5. The number of amides is 1. The fraction of sp³-hybridized carbons (Fsp3) is 0.174. The van der Waals surface area contributed by atoms with Gasteiger partial charge >= 0.3 is 0 Å². The highest BCUT2D eigenvalue weighted by Gasteiger charge is 2.14. The predicted molar refractivity (Wildman–Crippen MR) is 116 cm³/mol. The summed E-state index contributed by atoms with van der Waals surface area (Å²) in [4.78, 5) is 15.9. The standard InChI is InChI=1S/C23H23FN4O2/c1-4-14-9-15(5-6-18(14)23(26)29)20-11-16(7-8-28-20)30-17-10-19(24)22(13(2)25)21(12-17)27-3/h5-12,25,27H,4H2,1-3H3,(H2,26,29). The number of carbonyl (C=O) groups is 1. The number of benzene rings is 2. The molecular formula is C23H23FN4O2. The third-order valence-electron chi connectivity index (χ3n) is 4.72. The highest BCUT2D eigenvalue weighted by Crippen LogP contribution is 2.31. The van der Waals surface area contributed by atoms with Crippen LogP contribution in [0.1, 0.15) is 35.3 Å². The first-order valence-electron chi connectivity index (χ1n) is 9.47. The van der Waals surface area contributed by atoms with Crippen molar-refractivity contribution in [2.75, 3.05) is 12.4 Å². The number of anilines is 1. The zero-order chi connectivity index (χ0) is 21.8. The van der Waals surface area contributed by atoms with E-state index in [-0.39, 0.29) is 11.3 Å². The molecule has 1 heterocycles. The Balaban J connectivity index is 1.94. The van der Waals surface area contributed by atoms with Crippen molar-refractivity contribution in [2.24, 2.45) is 5.73 Å². The van der Waals surface area contributed by atoms with Crippen molar-refractivity contribution in [2.45, 2.75) is 20.3 Å². The summed E-state index contributed by atoms with van der Waals surface area (Å²) in [5.41, 5.74) is 9.04. The molecule has 0 atom stereocenters. The van der Waals surface area contributed by atoms with Crippen LogP contribution in [0.3, 0.4) is 0 Å². The molecule has 2 aromatic carbocycles. The van der Waals surface area contributed by atoms with E-state index in [1.54, 1.807) is 43.6 Å². The topological polar surface area (TPSA) is 101 Å². The molecule has 3 rings (SSSR count). The number of ether oxygens (including phenoxy) is 1. The molecule has 0 saturated carbocycles. The van der Waals surface area contributed by atoms with Gasteiger partial charge in [-0.05, 0) is 37.1 Å². The number of nitrogens with zero attached hydrogens (tertiary/aromatic N) is 1. The van der Waals surface area contributed by atoms with Gasteiger partial charge in [0.2, 0.25) is 5.91 Å². The number of carbonyl (C=O) groups excluding carboxylic acids is 1. The van der Waals surface area contributed by atoms with E-state index in [0.29, 0.717) is 34.9 Å². The average Bonchev–Trinajstić information content (AvgIpc) is 2.72. The van der Waals surface area contributed by atoms with Crippen LogP contribution in [0.2, 0.25) is 0 Å². The number of aromatic nitrogens is 1. The number of nitrogens with one attached hydrogen (secondary N) is 2. The van der Waals surface area contributed by atoms with Crippen molar-refractivity contribution in [1.82, 2.24) is 4.98 Å². The smallest absolute Gasteiger partial charge is 0.248 e. The first-order valence-corrected chi connectivity index (χ1v) is 9.47. The lowest BCUT2D eigenvalue weighted by Crippen LogP contribution is -2.13. The number of pyridine rings is 1. The second kappa shape index (κ2) is 8.73. The van der Waals surface area contributed by atoms with Crippen molar-refractivity contribution in [3.05, 3.63) is 71.2 Å². The number of primary amides is 1. The molecule has 0 bridgehead atoms. The Labute approximate surface area is 174 Å². The molecule has 0 saturated heterocycles. The summed E-state index contributed by atoms with van der Waals surface area (Å²) >= 11 is 0. The fourth-order valence-electron chi connectivity index (χ4n) is 3.27. The van der Waals surface area contributed by atoms with Crippen LogP contribution in [0.5, 0.6) is 11.5 Å². The van der Waals surface area contributed by atoms with E-state index in [1.165, 1.54) is 13.0 Å². The van der Waals surface area contributed by atoms with Crippen LogP contribution in [0, 0.1) is 11.2 Å². The van der Waals surface area contributed by atoms with Gasteiger partial charge in [0.15, 0.2) is 0 Å². The van der Waals surface area contributed by atoms with Gasteiger partial charge in [-0.3, -0.25) is 9.78 Å². The van der Waals surface area contributed by atoms with Crippen LogP contribution in [0.15, 0.2) is 48.7 Å². The molecule has 4 N–H and O–H groups in total. The molecule has 1 amide bonds. The normalized spacial score (nSPS) is 10.5. The third-order valence-corrected chi connectivity index (χ3v) is 4.72. The molecule has 30 heavy (non-hydrogen) atoms. The molecule has 0 unspecified atom stereocenters. The van der Waals surface area contributed by atoms with Gasteiger partial charge in [-0.15, -0.1) is 0 Å². The number of rotatable bonds is 7. The summed E-state index contributed by atoms with van der Waals surface area (Å²) in [7, 11) is 1.66. The largest absolute Gasteiger partial charge is 0.457 e. The molecule has 154 valence electrons. The summed E-state index contributed by atoms with van der Waals surface area (Å²) in [5, 5.41) is 10.6. The molecule has 1 aromatic heterocycles. The number of nitrogens with two attached hydrogens (primary N) is 1. The molecular weight excluding hydrogens is 383 g/mol. The first-order chi connectivity index (χ1) is 14.3. The molecule has 0 aliphatic heterocycles. The SMILES string of the molecule is CCc1cc(-c2cc(Oc3cc(F)c(C(C)=N)c(NC)c3)ccn2)ccc1C(N)=O. The second-order valence-electron chi connectivity index (χ2n) is 6.77. The Morgan fingerprint density at radius 3 is 2.60 bits per heavy atom. The number of hydrogen-bond acceptors (Lipinski definition) is 5. The van der Waals surface area contributed by atoms with Crippen molar-refractivity contribution < 1.29 is 13.9 Å². The van der Waals surface area contributed by atoms with E-state index < -0.39 is 11.7 Å². The van der Waals surface area contributed by atoms with E-state index in [4.69, 9.17) is 15.9 Å². The zero-order valence-electron chi connectivity index (χ0n) is 17.0. The molecule has 7 heteroatoms. The Morgan fingerprint density at radius 1 is 1.20 bits per heavy atom. The summed E-state index contributed by atoms with van der Waals surface area (Å²) in [5.74, 6) is -0.210. The van der Waals surface area contributed by atoms with E-state index in [0.717, 1.165) is 11.1 Å². The summed E-state index contributed by atoms with van der Waals surface area (Å²) in [6.45, 7) is 3.48. The van der Waals surface area contributed by atoms with Gasteiger partial charge in [-0.1, -0.05) is 13.0 Å². The van der Waals surface area contributed by atoms with Crippen LogP contribution in [-0.2, 0) is 6.42 Å². The molecule has 0 aliphatic rings. The lowest BCUT2D eigenvalue weighted by Gasteiger charge is -2.13. The van der Waals surface area contributed by atoms with Crippen LogP contribution in [-0.4, -0.2) is 23.7 Å². The molecule has 0 radical (unpaired) electrons. The van der Waals surface area contributed by atoms with E-state index in [9.17, 15) is 9.18 Å². The van der Waals surface area contributed by atoms with Crippen LogP contribution >= 0.6 is 0 Å². The number of aryl methyl sites for hydroxylation is 1. The third kappa shape index (κ3) is 4.30. The Bertz CT molecular complexity index is 1130. The van der Waals surface area contributed by atoms with Crippen LogP contribution in [0.25, 0.3) is 11.3 Å². The number of hydrogen-bond donors (Lipinski definition) is 3. The molecule has 6 nitrogen and oxygen atoms in total. The van der Waals surface area contributed by atoms with Gasteiger partial charge in [-0.2, -0.15) is 0 Å². The Hall–Kier alpha value is -3.74. The lowest BCUT2D eigenvalue weighted by atomic mass is 9.99. The Morgan fingerprint density at radius 2 is 1.97 bits per heavy atom. The maximum absolute atomic E-state index is 14.5. The van der Waals surface area contributed by atoms with Crippen molar-refractivity contribution >= 4 is 17.3 Å². The minimum Gasteiger partial charge on any atom is -0.457 e. The quantitative estimate of drug-likeness (QED) is 0.492. The molecule has 0 aliphatic carbocycles. The van der Waals surface area contributed by atoms with E-state index in [2.05, 4.69) is 10.3 Å². The minimum atomic E-state index is -0.534.